The Hall–Kier alpha value is -0.570. The Bertz CT molecular complexity index is 239. The van der Waals surface area contributed by atoms with Crippen molar-refractivity contribution in [3.63, 3.8) is 0 Å². The van der Waals surface area contributed by atoms with Gasteiger partial charge in [0.05, 0.1) is 0 Å². The third-order valence-corrected chi connectivity index (χ3v) is 4.61. The van der Waals surface area contributed by atoms with Crippen molar-refractivity contribution in [2.45, 2.75) is 54.4 Å². The molecule has 2 atom stereocenters. The highest BCUT2D eigenvalue weighted by Crippen LogP contribution is 2.24. The highest BCUT2D eigenvalue weighted by Gasteiger charge is 2.28. The first-order valence-electron chi connectivity index (χ1n) is 7.27. The maximum Gasteiger partial charge on any atom is 0.223 e. The first-order chi connectivity index (χ1) is 8.27. The molecule has 1 aliphatic heterocycles. The van der Waals surface area contributed by atoms with E-state index in [4.69, 9.17) is 5.73 Å². The van der Waals surface area contributed by atoms with Gasteiger partial charge < -0.3 is 11.1 Å². The summed E-state index contributed by atoms with van der Waals surface area (Å²) < 4.78 is 0. The summed E-state index contributed by atoms with van der Waals surface area (Å²) in [6, 6.07) is 0. The fourth-order valence-electron chi connectivity index (χ4n) is 2.03. The second kappa shape index (κ2) is 7.78. The Kier molecular flexibility index (Phi) is 7.53. The van der Waals surface area contributed by atoms with Gasteiger partial charge in [-0.15, -0.1) is 0 Å². The van der Waals surface area contributed by atoms with E-state index in [9.17, 15) is 4.79 Å². The van der Waals surface area contributed by atoms with Crippen molar-refractivity contribution in [2.75, 3.05) is 13.1 Å². The van der Waals surface area contributed by atoms with Crippen LogP contribution in [0.4, 0.5) is 0 Å². The Labute approximate surface area is 113 Å². The Morgan fingerprint density at radius 3 is 1.78 bits per heavy atom. The predicted octanol–water partition coefficient (Wildman–Crippen LogP) is 2.80. The molecule has 1 fully saturated rings. The molecule has 3 nitrogen and oxygen atoms in total. The fraction of sp³-hybridized carbons (Fsp3) is 0.933. The van der Waals surface area contributed by atoms with Crippen LogP contribution in [-0.2, 0) is 4.79 Å². The van der Waals surface area contributed by atoms with E-state index in [1.54, 1.807) is 0 Å². The maximum atomic E-state index is 10.7. The van der Waals surface area contributed by atoms with Crippen LogP contribution < -0.4 is 11.1 Å². The van der Waals surface area contributed by atoms with E-state index in [0.29, 0.717) is 5.92 Å². The number of nitrogens with one attached hydrogen (secondary N) is 1. The number of hydrogen-bond donors (Lipinski definition) is 2. The number of rotatable bonds is 4. The first kappa shape index (κ1) is 17.4. The molecule has 0 radical (unpaired) electrons. The molecule has 0 saturated carbocycles. The van der Waals surface area contributed by atoms with E-state index in [1.807, 2.05) is 27.7 Å². The average Bonchev–Trinajstić information content (AvgIpc) is 2.76. The summed E-state index contributed by atoms with van der Waals surface area (Å²) in [4.78, 5) is 10.7. The minimum absolute atomic E-state index is 0.225. The zero-order chi connectivity index (χ0) is 14.3. The Morgan fingerprint density at radius 2 is 1.61 bits per heavy atom. The highest BCUT2D eigenvalue weighted by atomic mass is 16.1. The average molecular weight is 256 g/mol. The monoisotopic (exact) mass is 256 g/mol. The van der Waals surface area contributed by atoms with Gasteiger partial charge in [-0.2, -0.15) is 0 Å². The molecular formula is C15H32N2O. The number of primary amides is 1. The zero-order valence-electron chi connectivity index (χ0n) is 13.0. The van der Waals surface area contributed by atoms with Gasteiger partial charge in [-0.1, -0.05) is 54.4 Å². The van der Waals surface area contributed by atoms with Gasteiger partial charge in [0.2, 0.25) is 5.91 Å². The normalized spacial score (nSPS) is 23.7. The molecule has 1 amide bonds. The van der Waals surface area contributed by atoms with Crippen molar-refractivity contribution < 1.29 is 4.79 Å². The fourth-order valence-corrected chi connectivity index (χ4v) is 2.03. The van der Waals surface area contributed by atoms with E-state index in [-0.39, 0.29) is 11.3 Å². The molecule has 0 aromatic rings. The molecule has 2 unspecified atom stereocenters. The predicted molar refractivity (Wildman–Crippen MR) is 78.2 cm³/mol. The third kappa shape index (κ3) is 4.97. The quantitative estimate of drug-likeness (QED) is 0.812. The molecule has 18 heavy (non-hydrogen) atoms. The van der Waals surface area contributed by atoms with Gasteiger partial charge in [-0.3, -0.25) is 4.79 Å². The van der Waals surface area contributed by atoms with Crippen LogP contribution in [0.2, 0.25) is 0 Å². The molecule has 0 aromatic carbocycles. The van der Waals surface area contributed by atoms with E-state index < -0.39 is 0 Å². The van der Waals surface area contributed by atoms with Crippen LogP contribution in [0.1, 0.15) is 54.4 Å². The lowest BCUT2D eigenvalue weighted by atomic mass is 9.81. The summed E-state index contributed by atoms with van der Waals surface area (Å²) in [6.45, 7) is 14.8. The lowest BCUT2D eigenvalue weighted by molar-refractivity contribution is -0.128. The number of amides is 1. The molecule has 0 bridgehead atoms. The van der Waals surface area contributed by atoms with Crippen LogP contribution in [0.5, 0.6) is 0 Å². The van der Waals surface area contributed by atoms with E-state index in [0.717, 1.165) is 11.8 Å². The molecule has 1 saturated heterocycles. The summed E-state index contributed by atoms with van der Waals surface area (Å²) in [6.07, 6.45) is 2.71. The van der Waals surface area contributed by atoms with Crippen molar-refractivity contribution in [2.24, 2.45) is 28.9 Å². The van der Waals surface area contributed by atoms with Gasteiger partial charge in [0, 0.05) is 5.41 Å². The maximum absolute atomic E-state index is 10.7. The van der Waals surface area contributed by atoms with Gasteiger partial charge in [0.1, 0.15) is 0 Å². The van der Waals surface area contributed by atoms with E-state index in [1.165, 1.54) is 25.9 Å². The molecule has 1 heterocycles. The number of carbonyl (C=O) groups excluding carboxylic acids is 1. The summed E-state index contributed by atoms with van der Waals surface area (Å²) >= 11 is 0. The van der Waals surface area contributed by atoms with Gasteiger partial charge in [0.15, 0.2) is 0 Å². The summed E-state index contributed by atoms with van der Waals surface area (Å²) in [5.41, 5.74) is 4.77. The standard InChI is InChI=1S/C8H17N.C7H15NO/c1-3-7-5-9-6-8(7)4-2;1-5(2)7(3,4)6(8)9/h7-9H,3-6H2,1-2H3;5H,1-4H3,(H2,8,9). The Morgan fingerprint density at radius 1 is 1.22 bits per heavy atom. The first-order valence-corrected chi connectivity index (χ1v) is 7.27. The number of carbonyl (C=O) groups is 1. The van der Waals surface area contributed by atoms with Crippen molar-refractivity contribution >= 4 is 5.91 Å². The van der Waals surface area contributed by atoms with Crippen LogP contribution in [0.25, 0.3) is 0 Å². The lowest BCUT2D eigenvalue weighted by Gasteiger charge is -2.24. The summed E-state index contributed by atoms with van der Waals surface area (Å²) in [5, 5.41) is 3.42. The summed E-state index contributed by atoms with van der Waals surface area (Å²) in [7, 11) is 0. The van der Waals surface area contributed by atoms with Gasteiger partial charge in [0.25, 0.3) is 0 Å². The van der Waals surface area contributed by atoms with Crippen molar-refractivity contribution in [3.8, 4) is 0 Å². The smallest absolute Gasteiger partial charge is 0.223 e. The SMILES string of the molecule is CC(C)C(C)(C)C(N)=O.CCC1CNCC1CC. The molecule has 3 N–H and O–H groups in total. The van der Waals surface area contributed by atoms with Crippen molar-refractivity contribution in [1.82, 2.24) is 5.32 Å². The third-order valence-electron chi connectivity index (χ3n) is 4.61. The van der Waals surface area contributed by atoms with Crippen molar-refractivity contribution in [1.29, 1.82) is 0 Å². The molecule has 1 aliphatic rings. The number of nitrogens with two attached hydrogens (primary N) is 1. The topological polar surface area (TPSA) is 55.1 Å². The van der Waals surface area contributed by atoms with Crippen LogP contribution in [0, 0.1) is 23.2 Å². The molecule has 108 valence electrons. The van der Waals surface area contributed by atoms with Crippen LogP contribution in [0.3, 0.4) is 0 Å². The highest BCUT2D eigenvalue weighted by molar-refractivity contribution is 5.80. The van der Waals surface area contributed by atoms with Gasteiger partial charge in [-0.05, 0) is 30.8 Å². The van der Waals surface area contributed by atoms with Gasteiger partial charge in [-0.25, -0.2) is 0 Å². The Balaban J connectivity index is 0.000000321. The van der Waals surface area contributed by atoms with Gasteiger partial charge >= 0.3 is 0 Å². The molecular weight excluding hydrogens is 224 g/mol. The molecule has 0 spiro atoms. The summed E-state index contributed by atoms with van der Waals surface area (Å²) in [5.74, 6) is 2.03. The van der Waals surface area contributed by atoms with Crippen LogP contribution in [-0.4, -0.2) is 19.0 Å². The molecule has 1 rings (SSSR count). The lowest BCUT2D eigenvalue weighted by Crippen LogP contribution is -2.35. The number of hydrogen-bond acceptors (Lipinski definition) is 2. The minimum atomic E-state index is -0.361. The zero-order valence-corrected chi connectivity index (χ0v) is 13.0. The van der Waals surface area contributed by atoms with E-state index >= 15 is 0 Å². The van der Waals surface area contributed by atoms with E-state index in [2.05, 4.69) is 19.2 Å². The molecule has 0 aliphatic carbocycles. The second-order valence-corrected chi connectivity index (χ2v) is 6.24. The van der Waals surface area contributed by atoms with Crippen LogP contribution >= 0.6 is 0 Å². The van der Waals surface area contributed by atoms with Crippen LogP contribution in [0.15, 0.2) is 0 Å². The largest absolute Gasteiger partial charge is 0.369 e. The molecule has 0 aromatic heterocycles. The molecule has 3 heteroatoms. The minimum Gasteiger partial charge on any atom is -0.369 e. The second-order valence-electron chi connectivity index (χ2n) is 6.24. The van der Waals surface area contributed by atoms with Crippen molar-refractivity contribution in [3.05, 3.63) is 0 Å².